The molecular formula is C20H19ClN2O3. The summed E-state index contributed by atoms with van der Waals surface area (Å²) in [5.41, 5.74) is 3.09. The van der Waals surface area contributed by atoms with Gasteiger partial charge in [0.25, 0.3) is 0 Å². The van der Waals surface area contributed by atoms with Gasteiger partial charge in [0.15, 0.2) is 0 Å². The van der Waals surface area contributed by atoms with Crippen LogP contribution in [0.3, 0.4) is 0 Å². The van der Waals surface area contributed by atoms with Crippen LogP contribution in [0.25, 0.3) is 0 Å². The van der Waals surface area contributed by atoms with Crippen molar-refractivity contribution >= 4 is 23.6 Å². The molecule has 1 aliphatic heterocycles. The maximum absolute atomic E-state index is 12.7. The van der Waals surface area contributed by atoms with Gasteiger partial charge in [0.2, 0.25) is 0 Å². The maximum atomic E-state index is 12.7. The van der Waals surface area contributed by atoms with E-state index in [9.17, 15) is 9.59 Å². The van der Waals surface area contributed by atoms with Gasteiger partial charge in [0.05, 0.1) is 6.04 Å². The largest absolute Gasteiger partial charge is 0.460 e. The number of carbonyl (C=O) groups excluding carboxylic acids is 2. The van der Waals surface area contributed by atoms with Crippen molar-refractivity contribution in [2.75, 3.05) is 0 Å². The van der Waals surface area contributed by atoms with Crippen molar-refractivity contribution in [3.05, 3.63) is 82.5 Å². The van der Waals surface area contributed by atoms with Crippen molar-refractivity contribution < 1.29 is 14.3 Å². The summed E-state index contributed by atoms with van der Waals surface area (Å²) >= 11 is 5.93. The minimum Gasteiger partial charge on any atom is -0.460 e. The number of amides is 2. The Morgan fingerprint density at radius 3 is 2.46 bits per heavy atom. The Hall–Kier alpha value is -2.79. The molecule has 6 heteroatoms. The van der Waals surface area contributed by atoms with Crippen molar-refractivity contribution in [2.45, 2.75) is 19.6 Å². The minimum atomic E-state index is -0.737. The van der Waals surface area contributed by atoms with Gasteiger partial charge < -0.3 is 15.4 Å². The van der Waals surface area contributed by atoms with E-state index in [1.54, 1.807) is 24.3 Å². The number of hydrogen-bond acceptors (Lipinski definition) is 3. The SMILES string of the molecule is C=C1NC(=O)NC(c2ccc(Cl)cc2)C1C(=O)OCc1ccc(C)cc1. The number of halogens is 1. The molecule has 0 bridgehead atoms. The Morgan fingerprint density at radius 1 is 1.15 bits per heavy atom. The fourth-order valence-electron chi connectivity index (χ4n) is 2.84. The van der Waals surface area contributed by atoms with Crippen LogP contribution in [0, 0.1) is 12.8 Å². The monoisotopic (exact) mass is 370 g/mol. The second kappa shape index (κ2) is 7.62. The smallest absolute Gasteiger partial charge is 0.319 e. The number of ether oxygens (including phenoxy) is 1. The number of rotatable bonds is 4. The Balaban J connectivity index is 1.77. The molecule has 1 saturated heterocycles. The molecule has 2 unspecified atom stereocenters. The van der Waals surface area contributed by atoms with Gasteiger partial charge in [-0.25, -0.2) is 4.79 Å². The number of esters is 1. The van der Waals surface area contributed by atoms with Gasteiger partial charge in [-0.05, 0) is 30.2 Å². The molecule has 2 amide bonds. The predicted octanol–water partition coefficient (Wildman–Crippen LogP) is 3.88. The second-order valence-electron chi connectivity index (χ2n) is 6.22. The van der Waals surface area contributed by atoms with E-state index >= 15 is 0 Å². The Kier molecular flexibility index (Phi) is 5.28. The predicted molar refractivity (Wildman–Crippen MR) is 99.5 cm³/mol. The fraction of sp³-hybridized carbons (Fsp3) is 0.200. The minimum absolute atomic E-state index is 0.157. The normalized spacial score (nSPS) is 19.5. The highest BCUT2D eigenvalue weighted by Gasteiger charge is 2.38. The van der Waals surface area contributed by atoms with Gasteiger partial charge in [-0.3, -0.25) is 4.79 Å². The van der Waals surface area contributed by atoms with Crippen LogP contribution in [-0.4, -0.2) is 12.0 Å². The molecule has 2 aromatic carbocycles. The van der Waals surface area contributed by atoms with E-state index in [0.717, 1.165) is 16.7 Å². The lowest BCUT2D eigenvalue weighted by atomic mass is 9.89. The Morgan fingerprint density at radius 2 is 1.81 bits per heavy atom. The lowest BCUT2D eigenvalue weighted by molar-refractivity contribution is -0.149. The van der Waals surface area contributed by atoms with E-state index in [-0.39, 0.29) is 6.61 Å². The molecule has 0 radical (unpaired) electrons. The zero-order valence-corrected chi connectivity index (χ0v) is 15.0. The summed E-state index contributed by atoms with van der Waals surface area (Å²) in [4.78, 5) is 24.5. The van der Waals surface area contributed by atoms with E-state index in [0.29, 0.717) is 10.7 Å². The standard InChI is InChI=1S/C20H19ClN2O3/c1-12-3-5-14(6-4-12)11-26-19(24)17-13(2)22-20(25)23-18(17)15-7-9-16(21)10-8-15/h3-10,17-18H,2,11H2,1H3,(H2,22,23,25). The first-order valence-corrected chi connectivity index (χ1v) is 8.56. The molecule has 2 aromatic rings. The number of carbonyl (C=O) groups is 2. The van der Waals surface area contributed by atoms with Crippen LogP contribution in [0.1, 0.15) is 22.7 Å². The molecule has 0 spiro atoms. The van der Waals surface area contributed by atoms with E-state index in [2.05, 4.69) is 17.2 Å². The summed E-state index contributed by atoms with van der Waals surface area (Å²) in [6, 6.07) is 13.7. The van der Waals surface area contributed by atoms with E-state index in [1.165, 1.54) is 0 Å². The van der Waals surface area contributed by atoms with Gasteiger partial charge in [0, 0.05) is 10.7 Å². The van der Waals surface area contributed by atoms with Crippen LogP contribution < -0.4 is 10.6 Å². The van der Waals surface area contributed by atoms with Gasteiger partial charge in [-0.1, -0.05) is 60.1 Å². The van der Waals surface area contributed by atoms with Crippen molar-refractivity contribution in [3.63, 3.8) is 0 Å². The van der Waals surface area contributed by atoms with Crippen LogP contribution in [0.15, 0.2) is 60.8 Å². The zero-order chi connectivity index (χ0) is 18.7. The van der Waals surface area contributed by atoms with E-state index in [4.69, 9.17) is 16.3 Å². The first-order chi connectivity index (χ1) is 12.4. The Labute approximate surface area is 157 Å². The molecule has 1 fully saturated rings. The first kappa shape index (κ1) is 18.0. The molecule has 1 heterocycles. The molecule has 3 rings (SSSR count). The molecule has 2 atom stereocenters. The third kappa shape index (κ3) is 4.06. The van der Waals surface area contributed by atoms with Gasteiger partial charge >= 0.3 is 12.0 Å². The molecule has 134 valence electrons. The van der Waals surface area contributed by atoms with Gasteiger partial charge in [-0.15, -0.1) is 0 Å². The topological polar surface area (TPSA) is 67.4 Å². The lowest BCUT2D eigenvalue weighted by Crippen LogP contribution is -2.51. The zero-order valence-electron chi connectivity index (χ0n) is 14.3. The van der Waals surface area contributed by atoms with Gasteiger partial charge in [0.1, 0.15) is 12.5 Å². The summed E-state index contributed by atoms with van der Waals surface area (Å²) in [5.74, 6) is -1.19. The average Bonchev–Trinajstić information content (AvgIpc) is 2.61. The van der Waals surface area contributed by atoms with E-state index in [1.807, 2.05) is 31.2 Å². The molecule has 2 N–H and O–H groups in total. The van der Waals surface area contributed by atoms with E-state index < -0.39 is 24.0 Å². The first-order valence-electron chi connectivity index (χ1n) is 8.18. The third-order valence-electron chi connectivity index (χ3n) is 4.25. The van der Waals surface area contributed by atoms with Crippen molar-refractivity contribution in [1.82, 2.24) is 10.6 Å². The molecule has 26 heavy (non-hydrogen) atoms. The van der Waals surface area contributed by atoms with Crippen LogP contribution in [0.5, 0.6) is 0 Å². The molecule has 5 nitrogen and oxygen atoms in total. The molecule has 0 aromatic heterocycles. The molecule has 0 saturated carbocycles. The number of nitrogens with one attached hydrogen (secondary N) is 2. The summed E-state index contributed by atoms with van der Waals surface area (Å²) in [5, 5.41) is 5.90. The number of aryl methyl sites for hydroxylation is 1. The number of urea groups is 1. The highest BCUT2D eigenvalue weighted by atomic mass is 35.5. The highest BCUT2D eigenvalue weighted by Crippen LogP contribution is 2.31. The maximum Gasteiger partial charge on any atom is 0.319 e. The molecular weight excluding hydrogens is 352 g/mol. The van der Waals surface area contributed by atoms with Crippen LogP contribution >= 0.6 is 11.6 Å². The number of hydrogen-bond donors (Lipinski definition) is 2. The molecule has 1 aliphatic rings. The van der Waals surface area contributed by atoms with Crippen molar-refractivity contribution in [3.8, 4) is 0 Å². The summed E-state index contributed by atoms with van der Waals surface area (Å²) in [6.45, 7) is 5.98. The lowest BCUT2D eigenvalue weighted by Gasteiger charge is -2.33. The Bertz CT molecular complexity index is 831. The van der Waals surface area contributed by atoms with Crippen LogP contribution in [0.2, 0.25) is 5.02 Å². The van der Waals surface area contributed by atoms with Crippen molar-refractivity contribution in [2.24, 2.45) is 5.92 Å². The second-order valence-corrected chi connectivity index (χ2v) is 6.66. The van der Waals surface area contributed by atoms with Crippen LogP contribution in [0.4, 0.5) is 4.79 Å². The summed E-state index contributed by atoms with van der Waals surface area (Å²) < 4.78 is 5.47. The average molecular weight is 371 g/mol. The fourth-order valence-corrected chi connectivity index (χ4v) is 2.96. The highest BCUT2D eigenvalue weighted by molar-refractivity contribution is 6.30. The summed E-state index contributed by atoms with van der Waals surface area (Å²) in [7, 11) is 0. The number of benzene rings is 2. The quantitative estimate of drug-likeness (QED) is 0.803. The molecule has 0 aliphatic carbocycles. The summed E-state index contributed by atoms with van der Waals surface area (Å²) in [6.07, 6.45) is 0. The van der Waals surface area contributed by atoms with Crippen LogP contribution in [-0.2, 0) is 16.1 Å². The van der Waals surface area contributed by atoms with Gasteiger partial charge in [-0.2, -0.15) is 0 Å². The third-order valence-corrected chi connectivity index (χ3v) is 4.51. The van der Waals surface area contributed by atoms with Crippen molar-refractivity contribution in [1.29, 1.82) is 0 Å².